The van der Waals surface area contributed by atoms with Crippen molar-refractivity contribution in [3.63, 3.8) is 0 Å². The van der Waals surface area contributed by atoms with Crippen LogP contribution in [0.15, 0.2) is 12.1 Å². The highest BCUT2D eigenvalue weighted by Crippen LogP contribution is 2.17. The van der Waals surface area contributed by atoms with Crippen LogP contribution in [0.4, 0.5) is 0 Å². The zero-order valence-corrected chi connectivity index (χ0v) is 7.98. The van der Waals surface area contributed by atoms with E-state index in [9.17, 15) is 9.59 Å². The molecule has 0 unspecified atom stereocenters. The molecule has 0 atom stereocenters. The van der Waals surface area contributed by atoms with Gasteiger partial charge in [-0.25, -0.2) is 0 Å². The van der Waals surface area contributed by atoms with Crippen LogP contribution in [0.5, 0.6) is 0 Å². The van der Waals surface area contributed by atoms with Crippen molar-refractivity contribution in [3.8, 4) is 6.07 Å². The third kappa shape index (κ3) is 2.38. The van der Waals surface area contributed by atoms with E-state index in [2.05, 4.69) is 0 Å². The molecule has 0 saturated heterocycles. The Balaban J connectivity index is 2.87. The molecule has 0 aromatic carbocycles. The smallest absolute Gasteiger partial charge is 0.283 e. The normalized spacial score (nSPS) is 9.23. The lowest BCUT2D eigenvalue weighted by Gasteiger charge is -1.86. The van der Waals surface area contributed by atoms with E-state index in [-0.39, 0.29) is 11.3 Å². The number of carbonyl (C=O) groups excluding carboxylic acids is 2. The summed E-state index contributed by atoms with van der Waals surface area (Å²) >= 11 is 6.12. The molecule has 0 bridgehead atoms. The van der Waals surface area contributed by atoms with E-state index in [0.717, 1.165) is 16.2 Å². The number of hydrogen-bond donors (Lipinski definition) is 0. The molecule has 0 radical (unpaired) electrons. The quantitative estimate of drug-likeness (QED) is 0.437. The summed E-state index contributed by atoms with van der Waals surface area (Å²) in [4.78, 5) is 22.5. The second-order valence-corrected chi connectivity index (χ2v) is 3.72. The standard InChI is InChI=1S/C8H4ClNO2S/c9-8(12)7(11)6-2-1-5(13-6)3-4-10/h1-2H,3H2. The number of halogens is 1. The minimum absolute atomic E-state index is 0.244. The Morgan fingerprint density at radius 2 is 2.23 bits per heavy atom. The minimum atomic E-state index is -0.995. The van der Waals surface area contributed by atoms with Crippen LogP contribution in [0, 0.1) is 11.3 Å². The van der Waals surface area contributed by atoms with Gasteiger partial charge in [0.05, 0.1) is 17.4 Å². The molecular formula is C8H4ClNO2S. The number of nitrogens with zero attached hydrogens (tertiary/aromatic N) is 1. The number of rotatable bonds is 3. The lowest BCUT2D eigenvalue weighted by molar-refractivity contribution is -0.108. The molecule has 0 N–H and O–H groups in total. The minimum Gasteiger partial charge on any atom is -0.283 e. The molecule has 1 aromatic rings. The lowest BCUT2D eigenvalue weighted by Crippen LogP contribution is -2.04. The first kappa shape index (κ1) is 9.90. The van der Waals surface area contributed by atoms with Gasteiger partial charge in [0.15, 0.2) is 0 Å². The fourth-order valence-corrected chi connectivity index (χ4v) is 1.80. The van der Waals surface area contributed by atoms with Crippen molar-refractivity contribution in [2.75, 3.05) is 0 Å². The van der Waals surface area contributed by atoms with Crippen molar-refractivity contribution in [1.29, 1.82) is 5.26 Å². The maximum atomic E-state index is 11.0. The highest BCUT2D eigenvalue weighted by molar-refractivity contribution is 7.15. The molecule has 5 heteroatoms. The highest BCUT2D eigenvalue weighted by atomic mass is 35.5. The van der Waals surface area contributed by atoms with Crippen molar-refractivity contribution in [1.82, 2.24) is 0 Å². The molecule has 0 aliphatic rings. The first-order chi connectivity index (χ1) is 6.15. The Morgan fingerprint density at radius 1 is 1.54 bits per heavy atom. The van der Waals surface area contributed by atoms with Crippen molar-refractivity contribution in [3.05, 3.63) is 21.9 Å². The summed E-state index contributed by atoms with van der Waals surface area (Å²) in [5.41, 5.74) is 0. The molecule has 0 spiro atoms. The molecule has 0 fully saturated rings. The van der Waals surface area contributed by atoms with Crippen molar-refractivity contribution in [2.24, 2.45) is 0 Å². The Morgan fingerprint density at radius 3 is 2.77 bits per heavy atom. The summed E-state index contributed by atoms with van der Waals surface area (Å²) in [6, 6.07) is 5.09. The first-order valence-corrected chi connectivity index (χ1v) is 4.54. The Bertz CT molecular complexity index is 391. The molecule has 3 nitrogen and oxygen atoms in total. The van der Waals surface area contributed by atoms with E-state index in [1.54, 1.807) is 6.07 Å². The van der Waals surface area contributed by atoms with Gasteiger partial charge in [-0.3, -0.25) is 9.59 Å². The maximum Gasteiger partial charge on any atom is 0.294 e. The number of thiophene rings is 1. The zero-order chi connectivity index (χ0) is 9.84. The van der Waals surface area contributed by atoms with Gasteiger partial charge in [-0.2, -0.15) is 5.26 Å². The summed E-state index contributed by atoms with van der Waals surface area (Å²) in [5.74, 6) is -0.712. The monoisotopic (exact) mass is 213 g/mol. The van der Waals surface area contributed by atoms with E-state index in [1.807, 2.05) is 6.07 Å². The van der Waals surface area contributed by atoms with E-state index in [4.69, 9.17) is 16.9 Å². The molecule has 0 aliphatic heterocycles. The van der Waals surface area contributed by atoms with Gasteiger partial charge in [0.1, 0.15) is 0 Å². The van der Waals surface area contributed by atoms with E-state index >= 15 is 0 Å². The van der Waals surface area contributed by atoms with Gasteiger partial charge in [0.2, 0.25) is 0 Å². The Kier molecular flexibility index (Phi) is 3.18. The van der Waals surface area contributed by atoms with Crippen LogP contribution in [0.1, 0.15) is 14.5 Å². The fraction of sp³-hybridized carbons (Fsp3) is 0.125. The van der Waals surface area contributed by atoms with Gasteiger partial charge >= 0.3 is 0 Å². The fourth-order valence-electron chi connectivity index (χ4n) is 0.770. The van der Waals surface area contributed by atoms with Gasteiger partial charge in [0, 0.05) is 4.88 Å². The van der Waals surface area contributed by atoms with E-state index < -0.39 is 11.0 Å². The zero-order valence-electron chi connectivity index (χ0n) is 6.41. The van der Waals surface area contributed by atoms with Crippen LogP contribution in [0.2, 0.25) is 0 Å². The van der Waals surface area contributed by atoms with Gasteiger partial charge in [0.25, 0.3) is 11.0 Å². The van der Waals surface area contributed by atoms with E-state index in [0.29, 0.717) is 0 Å². The predicted molar refractivity (Wildman–Crippen MR) is 48.8 cm³/mol. The van der Waals surface area contributed by atoms with Gasteiger partial charge < -0.3 is 0 Å². The molecule has 1 heterocycles. The van der Waals surface area contributed by atoms with Crippen LogP contribution < -0.4 is 0 Å². The van der Waals surface area contributed by atoms with Crippen molar-refractivity contribution in [2.45, 2.75) is 6.42 Å². The lowest BCUT2D eigenvalue weighted by atomic mass is 10.3. The largest absolute Gasteiger partial charge is 0.294 e. The average Bonchev–Trinajstić information content (AvgIpc) is 2.52. The maximum absolute atomic E-state index is 11.0. The summed E-state index contributed by atoms with van der Waals surface area (Å²) < 4.78 is 0. The van der Waals surface area contributed by atoms with Crippen LogP contribution in [0.25, 0.3) is 0 Å². The SMILES string of the molecule is N#CCc1ccc(C(=O)C(=O)Cl)s1. The van der Waals surface area contributed by atoms with Gasteiger partial charge in [-0.15, -0.1) is 11.3 Å². The summed E-state index contributed by atoms with van der Waals surface area (Å²) in [6.45, 7) is 0. The molecular weight excluding hydrogens is 210 g/mol. The summed E-state index contributed by atoms with van der Waals surface area (Å²) in [5, 5.41) is 7.36. The summed E-state index contributed by atoms with van der Waals surface area (Å²) in [7, 11) is 0. The van der Waals surface area contributed by atoms with E-state index in [1.165, 1.54) is 6.07 Å². The first-order valence-electron chi connectivity index (χ1n) is 3.35. The van der Waals surface area contributed by atoms with Crippen molar-refractivity contribution >= 4 is 34.0 Å². The van der Waals surface area contributed by atoms with Crippen LogP contribution in [-0.4, -0.2) is 11.0 Å². The van der Waals surface area contributed by atoms with Gasteiger partial charge in [-0.05, 0) is 23.7 Å². The number of nitriles is 1. The Labute approximate surface area is 83.6 Å². The summed E-state index contributed by atoms with van der Waals surface area (Å²) in [6.07, 6.45) is 0.244. The highest BCUT2D eigenvalue weighted by Gasteiger charge is 2.15. The molecule has 0 amide bonds. The third-order valence-corrected chi connectivity index (χ3v) is 2.57. The van der Waals surface area contributed by atoms with Crippen LogP contribution >= 0.6 is 22.9 Å². The predicted octanol–water partition coefficient (Wildman–Crippen LogP) is 1.76. The number of Topliss-reactive ketones (excluding diaryl/α,β-unsaturated/α-hetero) is 1. The van der Waals surface area contributed by atoms with Crippen LogP contribution in [-0.2, 0) is 11.2 Å². The molecule has 0 saturated carbocycles. The molecule has 13 heavy (non-hydrogen) atoms. The second-order valence-electron chi connectivity index (χ2n) is 2.20. The number of hydrogen-bond acceptors (Lipinski definition) is 4. The topological polar surface area (TPSA) is 57.9 Å². The third-order valence-electron chi connectivity index (χ3n) is 1.32. The molecule has 0 aliphatic carbocycles. The van der Waals surface area contributed by atoms with Crippen LogP contribution in [0.3, 0.4) is 0 Å². The number of carbonyl (C=O) groups is 2. The Hall–Kier alpha value is -1.18. The molecule has 1 aromatic heterocycles. The average molecular weight is 214 g/mol. The second kappa shape index (κ2) is 4.17. The van der Waals surface area contributed by atoms with Gasteiger partial charge in [-0.1, -0.05) is 0 Å². The molecule has 1 rings (SSSR count). The number of ketones is 1. The molecule has 66 valence electrons. The van der Waals surface area contributed by atoms with Crippen molar-refractivity contribution < 1.29 is 9.59 Å².